The molecule has 0 spiro atoms. The molecule has 0 amide bonds. The minimum atomic E-state index is -4.40. The number of nitriles is 1. The number of carbonyl (C=O) groups excluding carboxylic acids is 2. The van der Waals surface area contributed by atoms with Crippen LogP contribution in [0.4, 0.5) is 38.0 Å². The predicted octanol–water partition coefficient (Wildman–Crippen LogP) is 13.0. The molecular formula is C54H60F6N7O6P. The van der Waals surface area contributed by atoms with Crippen LogP contribution in [0.15, 0.2) is 91.3 Å². The fraction of sp³-hybridized carbons (Fsp3) is 0.389. The van der Waals surface area contributed by atoms with Crippen molar-refractivity contribution in [3.05, 3.63) is 130 Å². The Balaban J connectivity index is 0.000000211. The zero-order chi connectivity index (χ0) is 53.7. The molecule has 0 bridgehead atoms. The van der Waals surface area contributed by atoms with E-state index in [1.54, 1.807) is 24.3 Å². The number of aromatic nitrogens is 4. The number of aryl methyl sites for hydroxylation is 4. The number of pyridine rings is 4. The third kappa shape index (κ3) is 18.3. The van der Waals surface area contributed by atoms with Gasteiger partial charge in [0.05, 0.1) is 41.5 Å². The van der Waals surface area contributed by atoms with E-state index in [0.717, 1.165) is 125 Å². The molecule has 2 N–H and O–H groups in total. The molecule has 2 aliphatic rings. The molecule has 0 saturated heterocycles. The van der Waals surface area contributed by atoms with Crippen molar-refractivity contribution >= 4 is 58.7 Å². The van der Waals surface area contributed by atoms with Crippen molar-refractivity contribution in [3.63, 3.8) is 0 Å². The van der Waals surface area contributed by atoms with Crippen molar-refractivity contribution in [2.24, 2.45) is 0 Å². The first-order valence-electron chi connectivity index (χ1n) is 24.0. The minimum Gasteiger partial charge on any atom is -0.495 e. The summed E-state index contributed by atoms with van der Waals surface area (Å²) in [6, 6.07) is 20.4. The molecule has 74 heavy (non-hydrogen) atoms. The van der Waals surface area contributed by atoms with Gasteiger partial charge in [-0.15, -0.1) is 0 Å². The largest absolute Gasteiger partial charge is 0.495 e. The number of allylic oxidation sites excluding steroid dienone is 1. The van der Waals surface area contributed by atoms with Crippen LogP contribution < -0.4 is 15.4 Å². The Bertz CT molecular complexity index is 2960. The summed E-state index contributed by atoms with van der Waals surface area (Å²) in [4.78, 5) is 41.3. The molecule has 2 aliphatic heterocycles. The number of benzene rings is 2. The monoisotopic (exact) mass is 1050 g/mol. The van der Waals surface area contributed by atoms with E-state index in [-0.39, 0.29) is 23.2 Å². The highest BCUT2D eigenvalue weighted by atomic mass is 31.2. The summed E-state index contributed by atoms with van der Waals surface area (Å²) >= 11 is 0. The van der Waals surface area contributed by atoms with Gasteiger partial charge in [-0.05, 0) is 142 Å². The Morgan fingerprint density at radius 1 is 0.703 bits per heavy atom. The van der Waals surface area contributed by atoms with Gasteiger partial charge < -0.3 is 24.4 Å². The molecule has 0 aliphatic carbocycles. The van der Waals surface area contributed by atoms with Gasteiger partial charge in [-0.25, -0.2) is 9.97 Å². The van der Waals surface area contributed by atoms with Crippen LogP contribution in [-0.2, 0) is 61.2 Å². The number of hydrogen-bond acceptors (Lipinski definition) is 13. The standard InChI is InChI=1S/C25H24F3N3O.C16H25N2O4P.C11H8F3NO.C2H3N/c26-25(27,28)20-10-8-19-14-17(16-30-23(19)15-20)7-12-22(32)6-2-1-5-21-11-9-18-4-3-13-29-24(18)31-21;1-21-23(20,22-2)12-15(19)8-4-3-7-14-10-9-13-6-5-11-17-16(13)18-14;1-16-9-4-7-2-3-8(11(12,13)14)5-10(7)15-6-9;1-2-3/h7-12,14-16H,1-6,13H2,(H,29,31);9-10H,3-8,11-12H2,1-2H3,(H,17,18);2-6H,1H3;1H3/b12-7+;;;. The Hall–Kier alpha value is -6.74. The Morgan fingerprint density at radius 2 is 1.20 bits per heavy atom. The quantitative estimate of drug-likeness (QED) is 0.0382. The third-order valence-electron chi connectivity index (χ3n) is 11.8. The molecule has 0 radical (unpaired) electrons. The first-order chi connectivity index (χ1) is 35.4. The van der Waals surface area contributed by atoms with Gasteiger partial charge in [0.1, 0.15) is 29.3 Å². The maximum absolute atomic E-state index is 12.8. The van der Waals surface area contributed by atoms with E-state index < -0.39 is 31.1 Å². The molecule has 0 unspecified atom stereocenters. The van der Waals surface area contributed by atoms with Crippen LogP contribution in [0.25, 0.3) is 27.9 Å². The van der Waals surface area contributed by atoms with Crippen LogP contribution in [0.5, 0.6) is 5.75 Å². The van der Waals surface area contributed by atoms with Gasteiger partial charge in [0, 0.05) is 75.4 Å². The second kappa shape index (κ2) is 28.1. The molecule has 4 aromatic heterocycles. The number of anilines is 2. The van der Waals surface area contributed by atoms with E-state index >= 15 is 0 Å². The zero-order valence-electron chi connectivity index (χ0n) is 41.7. The Labute approximate surface area is 426 Å². The lowest BCUT2D eigenvalue weighted by Gasteiger charge is -2.17. The van der Waals surface area contributed by atoms with Gasteiger partial charge in [-0.2, -0.15) is 31.6 Å². The summed E-state index contributed by atoms with van der Waals surface area (Å²) in [7, 11) is 0.849. The topological polar surface area (TPSA) is 178 Å². The summed E-state index contributed by atoms with van der Waals surface area (Å²) in [6.07, 6.45) is 7.37. The van der Waals surface area contributed by atoms with Gasteiger partial charge >= 0.3 is 19.9 Å². The van der Waals surface area contributed by atoms with Crippen LogP contribution in [0.1, 0.15) is 97.5 Å². The number of Topliss-reactive ketones (excluding diaryl/α,β-unsaturated/α-hetero) is 1. The van der Waals surface area contributed by atoms with Crippen LogP contribution in [-0.4, -0.2) is 72.1 Å². The number of alkyl halides is 6. The highest BCUT2D eigenvalue weighted by molar-refractivity contribution is 7.54. The van der Waals surface area contributed by atoms with Gasteiger partial charge in [0.15, 0.2) is 5.78 Å². The Morgan fingerprint density at radius 3 is 1.70 bits per heavy atom. The minimum absolute atomic E-state index is 0.0117. The van der Waals surface area contributed by atoms with E-state index in [2.05, 4.69) is 54.8 Å². The van der Waals surface area contributed by atoms with E-state index in [1.807, 2.05) is 0 Å². The second-order valence-electron chi connectivity index (χ2n) is 17.2. The number of carbonyl (C=O) groups is 2. The van der Waals surface area contributed by atoms with Crippen LogP contribution >= 0.6 is 7.60 Å². The number of halogens is 6. The smallest absolute Gasteiger partial charge is 0.416 e. The summed E-state index contributed by atoms with van der Waals surface area (Å²) in [5.41, 5.74) is 4.47. The fourth-order valence-electron chi connectivity index (χ4n) is 7.82. The van der Waals surface area contributed by atoms with Crippen molar-refractivity contribution in [3.8, 4) is 11.8 Å². The average molecular weight is 1050 g/mol. The van der Waals surface area contributed by atoms with Crippen molar-refractivity contribution in [2.75, 3.05) is 51.2 Å². The molecule has 2 aromatic carbocycles. The molecular weight excluding hydrogens is 988 g/mol. The number of unbranched alkanes of at least 4 members (excludes halogenated alkanes) is 2. The number of nitrogens with one attached hydrogen (secondary N) is 2. The SMILES string of the molecule is CC#N.COP(=O)(CC(=O)CCCCc1ccc2c(n1)NCCC2)OC.COc1cnc2cc(C(F)(F)F)ccc2c1.O=C(/C=C/c1cnc2cc(C(F)(F)F)ccc2c1)CCCCc1ccc2c(n1)NCCC2. The molecule has 0 saturated carbocycles. The van der Waals surface area contributed by atoms with Crippen molar-refractivity contribution in [1.82, 2.24) is 19.9 Å². The van der Waals surface area contributed by atoms with E-state index in [4.69, 9.17) is 19.0 Å². The van der Waals surface area contributed by atoms with Crippen molar-refractivity contribution in [2.45, 2.75) is 96.3 Å². The second-order valence-corrected chi connectivity index (χ2v) is 19.5. The summed E-state index contributed by atoms with van der Waals surface area (Å²) in [6.45, 7) is 3.38. The third-order valence-corrected chi connectivity index (χ3v) is 13.6. The number of methoxy groups -OCH3 is 1. The van der Waals surface area contributed by atoms with Gasteiger partial charge in [-0.1, -0.05) is 24.3 Å². The lowest BCUT2D eigenvalue weighted by atomic mass is 10.0. The van der Waals surface area contributed by atoms with Gasteiger partial charge in [0.2, 0.25) is 0 Å². The van der Waals surface area contributed by atoms with Crippen LogP contribution in [0.2, 0.25) is 0 Å². The predicted molar refractivity (Wildman–Crippen MR) is 274 cm³/mol. The van der Waals surface area contributed by atoms with E-state index in [0.29, 0.717) is 40.4 Å². The number of rotatable bonds is 17. The number of hydrogen-bond donors (Lipinski definition) is 2. The van der Waals surface area contributed by atoms with Gasteiger partial charge in [0.25, 0.3) is 0 Å². The van der Waals surface area contributed by atoms with Crippen molar-refractivity contribution < 1.29 is 54.3 Å². The number of ether oxygens (including phenoxy) is 1. The maximum atomic E-state index is 12.8. The van der Waals surface area contributed by atoms with E-state index in [9.17, 15) is 40.5 Å². The lowest BCUT2D eigenvalue weighted by Crippen LogP contribution is -2.14. The van der Waals surface area contributed by atoms with Crippen LogP contribution in [0.3, 0.4) is 0 Å². The maximum Gasteiger partial charge on any atom is 0.416 e. The zero-order valence-corrected chi connectivity index (χ0v) is 42.6. The van der Waals surface area contributed by atoms with E-state index in [1.165, 1.54) is 70.0 Å². The molecule has 394 valence electrons. The summed E-state index contributed by atoms with van der Waals surface area (Å²) in [5, 5.41) is 15.2. The summed E-state index contributed by atoms with van der Waals surface area (Å²) < 4.78 is 102. The van der Waals surface area contributed by atoms with Crippen LogP contribution in [0, 0.1) is 11.3 Å². The average Bonchev–Trinajstić information content (AvgIpc) is 3.40. The molecule has 6 aromatic rings. The highest BCUT2D eigenvalue weighted by Gasteiger charge is 2.31. The van der Waals surface area contributed by atoms with Gasteiger partial charge in [-0.3, -0.25) is 24.1 Å². The summed E-state index contributed by atoms with van der Waals surface area (Å²) in [5.74, 6) is 2.44. The number of nitrogens with zero attached hydrogens (tertiary/aromatic N) is 5. The Kier molecular flexibility index (Phi) is 22.1. The number of ketones is 2. The number of fused-ring (bicyclic) bond motifs is 4. The molecule has 8 rings (SSSR count). The first-order valence-corrected chi connectivity index (χ1v) is 25.8. The lowest BCUT2D eigenvalue weighted by molar-refractivity contribution is -0.138. The highest BCUT2D eigenvalue weighted by Crippen LogP contribution is 2.46. The molecule has 0 fully saturated rings. The molecule has 6 heterocycles. The van der Waals surface area contributed by atoms with Crippen molar-refractivity contribution in [1.29, 1.82) is 5.26 Å². The fourth-order valence-corrected chi connectivity index (χ4v) is 8.81. The molecule has 20 heteroatoms. The normalized spacial score (nSPS) is 13.0. The molecule has 0 atom stereocenters. The first kappa shape index (κ1) is 58.2. The molecule has 13 nitrogen and oxygen atoms in total.